The monoisotopic (exact) mass is 520 g/mol. The first-order valence-electron chi connectivity index (χ1n) is 13.0. The molecule has 0 spiro atoms. The number of aromatic nitrogens is 1. The van der Waals surface area contributed by atoms with Crippen molar-refractivity contribution >= 4 is 34.4 Å². The number of nitrogens with two attached hydrogens (primary N) is 2. The lowest BCUT2D eigenvalue weighted by molar-refractivity contribution is -0.148. The van der Waals surface area contributed by atoms with E-state index in [1.807, 2.05) is 24.3 Å². The molecule has 0 radical (unpaired) electrons. The van der Waals surface area contributed by atoms with Crippen LogP contribution in [0.1, 0.15) is 66.8 Å². The quantitative estimate of drug-likeness (QED) is 0.414. The molecule has 9 heteroatoms. The molecule has 1 fully saturated rings. The first-order valence-corrected chi connectivity index (χ1v) is 13.0. The number of nitrogens with zero attached hydrogens (tertiary/aromatic N) is 1. The molecule has 2 aliphatic rings. The number of fused-ring (bicyclic) bond motifs is 3. The maximum absolute atomic E-state index is 15.5. The van der Waals surface area contributed by atoms with Crippen molar-refractivity contribution in [3.63, 3.8) is 0 Å². The van der Waals surface area contributed by atoms with Gasteiger partial charge in [0.2, 0.25) is 5.91 Å². The number of halogens is 1. The summed E-state index contributed by atoms with van der Waals surface area (Å²) in [5, 5.41) is 4.19. The minimum absolute atomic E-state index is 0.0124. The molecule has 2 heterocycles. The number of esters is 1. The van der Waals surface area contributed by atoms with Gasteiger partial charge in [-0.3, -0.25) is 19.0 Å². The van der Waals surface area contributed by atoms with E-state index in [-0.39, 0.29) is 35.6 Å². The van der Waals surface area contributed by atoms with Gasteiger partial charge in [-0.15, -0.1) is 0 Å². The zero-order chi connectivity index (χ0) is 27.2. The number of nitrogens with one attached hydrogen (secondary N) is 1. The normalized spacial score (nSPS) is 20.7. The molecule has 8 nitrogen and oxygen atoms in total. The predicted octanol–water partition coefficient (Wildman–Crippen LogP) is 4.38. The molecule has 1 aliphatic heterocycles. The number of rotatable bonds is 6. The molecular weight excluding hydrogens is 487 g/mol. The van der Waals surface area contributed by atoms with Gasteiger partial charge in [0, 0.05) is 29.1 Å². The van der Waals surface area contributed by atoms with Crippen LogP contribution in [-0.2, 0) is 16.0 Å². The first kappa shape index (κ1) is 25.9. The molecule has 38 heavy (non-hydrogen) atoms. The Labute approximate surface area is 220 Å². The third-order valence-corrected chi connectivity index (χ3v) is 7.62. The summed E-state index contributed by atoms with van der Waals surface area (Å²) < 4.78 is 22.6. The van der Waals surface area contributed by atoms with E-state index in [1.165, 1.54) is 6.07 Å². The topological polar surface area (TPSA) is 129 Å². The van der Waals surface area contributed by atoms with Gasteiger partial charge in [-0.1, -0.05) is 32.0 Å². The minimum atomic E-state index is -0.859. The van der Waals surface area contributed by atoms with E-state index < -0.39 is 17.7 Å². The van der Waals surface area contributed by atoms with Gasteiger partial charge in [-0.25, -0.2) is 4.39 Å². The van der Waals surface area contributed by atoms with E-state index >= 15 is 4.39 Å². The average molecular weight is 521 g/mol. The predicted molar refractivity (Wildman–Crippen MR) is 143 cm³/mol. The second kappa shape index (κ2) is 9.87. The smallest absolute Gasteiger partial charge is 0.319 e. The zero-order valence-corrected chi connectivity index (χ0v) is 21.7. The van der Waals surface area contributed by atoms with Crippen LogP contribution in [0.5, 0.6) is 0 Å². The SMILES string of the molecule is CC1(C)CC(=O)n2c(c(-c3cc(F)c(C(N)=O)c(N[C@H]4CC[C@H](OC(=O)CN)CC4)c3)c3ccccc32)C1. The second-order valence-electron chi connectivity index (χ2n) is 11.1. The summed E-state index contributed by atoms with van der Waals surface area (Å²) >= 11 is 0. The number of para-hydroxylation sites is 1. The molecule has 1 amide bonds. The van der Waals surface area contributed by atoms with Crippen LogP contribution in [0.4, 0.5) is 10.1 Å². The lowest BCUT2D eigenvalue weighted by Crippen LogP contribution is -2.33. The molecule has 0 atom stereocenters. The molecule has 1 aromatic heterocycles. The van der Waals surface area contributed by atoms with E-state index in [0.29, 0.717) is 49.8 Å². The highest BCUT2D eigenvalue weighted by atomic mass is 19.1. The summed E-state index contributed by atoms with van der Waals surface area (Å²) in [5.74, 6) is -1.99. The van der Waals surface area contributed by atoms with Crippen LogP contribution in [-0.4, -0.2) is 41.0 Å². The summed E-state index contributed by atoms with van der Waals surface area (Å²) in [6, 6.07) is 10.7. The van der Waals surface area contributed by atoms with Gasteiger partial charge < -0.3 is 21.5 Å². The van der Waals surface area contributed by atoms with Crippen molar-refractivity contribution in [3.05, 3.63) is 53.5 Å². The highest BCUT2D eigenvalue weighted by molar-refractivity contribution is 6.06. The van der Waals surface area contributed by atoms with Crippen molar-refractivity contribution in [2.24, 2.45) is 16.9 Å². The van der Waals surface area contributed by atoms with Crippen LogP contribution in [0.2, 0.25) is 0 Å². The van der Waals surface area contributed by atoms with Crippen molar-refractivity contribution < 1.29 is 23.5 Å². The minimum Gasteiger partial charge on any atom is -0.461 e. The molecule has 5 rings (SSSR count). The van der Waals surface area contributed by atoms with Gasteiger partial charge >= 0.3 is 5.97 Å². The second-order valence-corrected chi connectivity index (χ2v) is 11.1. The van der Waals surface area contributed by atoms with Crippen LogP contribution >= 0.6 is 0 Å². The summed E-state index contributed by atoms with van der Waals surface area (Å²) in [4.78, 5) is 37.0. The van der Waals surface area contributed by atoms with Crippen LogP contribution in [0.25, 0.3) is 22.0 Å². The molecule has 5 N–H and O–H groups in total. The number of ether oxygens (including phenoxy) is 1. The fraction of sp³-hybridized carbons (Fsp3) is 0.414. The molecule has 0 saturated heterocycles. The lowest BCUT2D eigenvalue weighted by Gasteiger charge is -2.31. The van der Waals surface area contributed by atoms with Gasteiger partial charge in [0.15, 0.2) is 0 Å². The van der Waals surface area contributed by atoms with Crippen LogP contribution in [0.15, 0.2) is 36.4 Å². The summed E-state index contributed by atoms with van der Waals surface area (Å²) in [6.45, 7) is 3.95. The number of carbonyl (C=O) groups excluding carboxylic acids is 3. The fourth-order valence-electron chi connectivity index (χ4n) is 5.97. The van der Waals surface area contributed by atoms with Crippen molar-refractivity contribution in [3.8, 4) is 11.1 Å². The third kappa shape index (κ3) is 4.78. The molecular formula is C29H33FN4O4. The van der Waals surface area contributed by atoms with Gasteiger partial charge in [-0.05, 0) is 61.3 Å². The number of anilines is 1. The average Bonchev–Trinajstić information content (AvgIpc) is 3.17. The van der Waals surface area contributed by atoms with Gasteiger partial charge in [0.25, 0.3) is 5.91 Å². The van der Waals surface area contributed by atoms with Crippen molar-refractivity contribution in [2.45, 2.75) is 64.5 Å². The number of hydrogen-bond acceptors (Lipinski definition) is 6. The highest BCUT2D eigenvalue weighted by Crippen LogP contribution is 2.44. The van der Waals surface area contributed by atoms with Gasteiger partial charge in [0.1, 0.15) is 11.9 Å². The van der Waals surface area contributed by atoms with Crippen LogP contribution in [0.3, 0.4) is 0 Å². The number of amides is 1. The van der Waals surface area contributed by atoms with Crippen molar-refractivity contribution in [1.29, 1.82) is 0 Å². The van der Waals surface area contributed by atoms with E-state index in [1.54, 1.807) is 10.6 Å². The lowest BCUT2D eigenvalue weighted by atomic mass is 9.80. The van der Waals surface area contributed by atoms with Crippen molar-refractivity contribution in [2.75, 3.05) is 11.9 Å². The Hall–Kier alpha value is -3.72. The van der Waals surface area contributed by atoms with Crippen LogP contribution < -0.4 is 16.8 Å². The van der Waals surface area contributed by atoms with Gasteiger partial charge in [-0.2, -0.15) is 0 Å². The Morgan fingerprint density at radius 3 is 2.53 bits per heavy atom. The maximum Gasteiger partial charge on any atom is 0.319 e. The number of carbonyl (C=O) groups is 3. The Bertz CT molecular complexity index is 1440. The molecule has 0 unspecified atom stereocenters. The molecule has 3 aromatic rings. The molecule has 200 valence electrons. The maximum atomic E-state index is 15.5. The largest absolute Gasteiger partial charge is 0.461 e. The summed E-state index contributed by atoms with van der Waals surface area (Å²) in [6.07, 6.45) is 3.46. The van der Waals surface area contributed by atoms with E-state index in [4.69, 9.17) is 16.2 Å². The van der Waals surface area contributed by atoms with E-state index in [2.05, 4.69) is 19.2 Å². The number of benzene rings is 2. The molecule has 1 aliphatic carbocycles. The van der Waals surface area contributed by atoms with Crippen molar-refractivity contribution in [1.82, 2.24) is 4.57 Å². The van der Waals surface area contributed by atoms with Gasteiger partial charge in [0.05, 0.1) is 23.3 Å². The van der Waals surface area contributed by atoms with Crippen LogP contribution in [0, 0.1) is 11.2 Å². The van der Waals surface area contributed by atoms with E-state index in [0.717, 1.165) is 22.2 Å². The fourth-order valence-corrected chi connectivity index (χ4v) is 5.97. The zero-order valence-electron chi connectivity index (χ0n) is 21.7. The number of hydrogen-bond donors (Lipinski definition) is 3. The third-order valence-electron chi connectivity index (χ3n) is 7.62. The Balaban J connectivity index is 1.55. The molecule has 2 aromatic carbocycles. The molecule has 1 saturated carbocycles. The first-order chi connectivity index (χ1) is 18.1. The number of primary amides is 1. The Morgan fingerprint density at radius 1 is 1.13 bits per heavy atom. The van der Waals surface area contributed by atoms with E-state index in [9.17, 15) is 14.4 Å². The standard InChI is InChI=1S/C29H33FN4O4/c1-29(2)13-23-26(19-5-3-4-6-22(19)34(23)24(35)14-29)16-11-20(30)27(28(32)37)21(12-16)33-17-7-9-18(10-8-17)38-25(36)15-31/h3-6,11-12,17-18,33H,7-10,13-15,31H2,1-2H3,(H2,32,37)/t17-,18-. The molecule has 0 bridgehead atoms. The Morgan fingerprint density at radius 2 is 1.84 bits per heavy atom. The summed E-state index contributed by atoms with van der Waals surface area (Å²) in [5.41, 5.74) is 13.8. The highest BCUT2D eigenvalue weighted by Gasteiger charge is 2.35. The summed E-state index contributed by atoms with van der Waals surface area (Å²) in [7, 11) is 0. The Kier molecular flexibility index (Phi) is 6.73.